The number of hydrogen-bond acceptors (Lipinski definition) is 4. The van der Waals surface area contributed by atoms with E-state index in [9.17, 15) is 0 Å². The van der Waals surface area contributed by atoms with Crippen LogP contribution in [0.1, 0.15) is 0 Å². The molecule has 0 saturated carbocycles. The fourth-order valence-electron chi connectivity index (χ4n) is 7.89. The van der Waals surface area contributed by atoms with Gasteiger partial charge in [0.25, 0.3) is 0 Å². The first-order valence-corrected chi connectivity index (χ1v) is 17.2. The van der Waals surface area contributed by atoms with Gasteiger partial charge in [0.1, 0.15) is 11.2 Å². The SMILES string of the molecule is c1ccc(-c2ccc(-c3nc(-c4ccc5ccccc5c4)nc(-c4c5c(cc6oc7ccccc7c46)-c4cccc6cccc-5c46)n3)cc2)cc1. The van der Waals surface area contributed by atoms with Crippen molar-refractivity contribution in [2.45, 2.75) is 0 Å². The van der Waals surface area contributed by atoms with Crippen LogP contribution in [0.4, 0.5) is 0 Å². The smallest absolute Gasteiger partial charge is 0.165 e. The van der Waals surface area contributed by atoms with Crippen LogP contribution in [0.25, 0.3) is 111 Å². The van der Waals surface area contributed by atoms with Crippen molar-refractivity contribution in [1.82, 2.24) is 15.0 Å². The Balaban J connectivity index is 1.22. The Labute approximate surface area is 293 Å². The lowest BCUT2D eigenvalue weighted by Gasteiger charge is -2.14. The molecule has 0 amide bonds. The molecule has 8 aromatic carbocycles. The van der Waals surface area contributed by atoms with Crippen molar-refractivity contribution in [2.75, 3.05) is 0 Å². The summed E-state index contributed by atoms with van der Waals surface area (Å²) in [5.74, 6) is 1.86. The van der Waals surface area contributed by atoms with E-state index in [-0.39, 0.29) is 0 Å². The van der Waals surface area contributed by atoms with Crippen LogP contribution in [-0.2, 0) is 0 Å². The van der Waals surface area contributed by atoms with Crippen LogP contribution in [0.15, 0.2) is 168 Å². The molecule has 0 bridgehead atoms. The molecule has 0 spiro atoms. The first-order valence-electron chi connectivity index (χ1n) is 17.2. The Morgan fingerprint density at radius 2 is 0.961 bits per heavy atom. The maximum Gasteiger partial charge on any atom is 0.165 e. The summed E-state index contributed by atoms with van der Waals surface area (Å²) in [5, 5.41) is 6.81. The lowest BCUT2D eigenvalue weighted by atomic mass is 9.93. The second kappa shape index (κ2) is 10.8. The third-order valence-corrected chi connectivity index (χ3v) is 10.2. The summed E-state index contributed by atoms with van der Waals surface area (Å²) in [7, 11) is 0. The predicted octanol–water partition coefficient (Wildman–Crippen LogP) is 12.4. The maximum atomic E-state index is 6.60. The van der Waals surface area contributed by atoms with Crippen molar-refractivity contribution < 1.29 is 4.42 Å². The monoisotopic (exact) mass is 649 g/mol. The first-order chi connectivity index (χ1) is 25.3. The second-order valence-corrected chi connectivity index (χ2v) is 13.2. The lowest BCUT2D eigenvalue weighted by molar-refractivity contribution is 0.669. The van der Waals surface area contributed by atoms with Gasteiger partial charge in [-0.05, 0) is 67.6 Å². The van der Waals surface area contributed by atoms with Gasteiger partial charge in [-0.25, -0.2) is 15.0 Å². The van der Waals surface area contributed by atoms with Crippen molar-refractivity contribution in [1.29, 1.82) is 0 Å². The van der Waals surface area contributed by atoms with E-state index in [2.05, 4.69) is 146 Å². The molecule has 10 aromatic rings. The number of rotatable bonds is 4. The zero-order chi connectivity index (χ0) is 33.5. The minimum atomic E-state index is 0.619. The van der Waals surface area contributed by atoms with E-state index in [1.807, 2.05) is 18.2 Å². The van der Waals surface area contributed by atoms with Gasteiger partial charge in [0.2, 0.25) is 0 Å². The largest absolute Gasteiger partial charge is 0.456 e. The van der Waals surface area contributed by atoms with Gasteiger partial charge in [-0.1, -0.05) is 146 Å². The molecule has 0 atom stereocenters. The highest BCUT2D eigenvalue weighted by molar-refractivity contribution is 6.25. The van der Waals surface area contributed by atoms with E-state index in [1.165, 1.54) is 32.8 Å². The van der Waals surface area contributed by atoms with Gasteiger partial charge in [0.05, 0.1) is 0 Å². The molecule has 0 N–H and O–H groups in total. The van der Waals surface area contributed by atoms with E-state index in [4.69, 9.17) is 19.4 Å². The molecule has 0 fully saturated rings. The van der Waals surface area contributed by atoms with E-state index in [1.54, 1.807) is 0 Å². The highest BCUT2D eigenvalue weighted by atomic mass is 16.3. The number of nitrogens with zero attached hydrogens (tertiary/aromatic N) is 3. The standard InChI is InChI=1S/C47H27N3O/c1-2-10-28(11-3-1)30-20-23-32(24-21-30)45-48-46(34-25-22-29-12-4-5-13-33(29)26-34)50-47(49-45)44-42-37-18-9-15-31-14-8-17-35(41(31)37)38(42)27-40-43(44)36-16-6-7-19-39(36)51-40/h1-27H. The second-order valence-electron chi connectivity index (χ2n) is 13.2. The normalized spacial score (nSPS) is 11.9. The predicted molar refractivity (Wildman–Crippen MR) is 208 cm³/mol. The third kappa shape index (κ3) is 4.30. The van der Waals surface area contributed by atoms with Crippen LogP contribution in [0.5, 0.6) is 0 Å². The number of benzene rings is 8. The topological polar surface area (TPSA) is 51.8 Å². The van der Waals surface area contributed by atoms with Crippen LogP contribution in [0, 0.1) is 0 Å². The molecule has 0 saturated heterocycles. The zero-order valence-corrected chi connectivity index (χ0v) is 27.3. The average molecular weight is 650 g/mol. The number of furan rings is 1. The third-order valence-electron chi connectivity index (χ3n) is 10.2. The zero-order valence-electron chi connectivity index (χ0n) is 27.3. The first kappa shape index (κ1) is 28.0. The number of hydrogen-bond donors (Lipinski definition) is 0. The van der Waals surface area contributed by atoms with Crippen LogP contribution >= 0.6 is 0 Å². The fourth-order valence-corrected chi connectivity index (χ4v) is 7.89. The summed E-state index contributed by atoms with van der Waals surface area (Å²) in [6, 6.07) is 57.3. The molecule has 11 rings (SSSR count). The summed E-state index contributed by atoms with van der Waals surface area (Å²) in [4.78, 5) is 15.9. The van der Waals surface area contributed by atoms with Gasteiger partial charge < -0.3 is 4.42 Å². The van der Waals surface area contributed by atoms with Crippen molar-refractivity contribution in [3.05, 3.63) is 164 Å². The van der Waals surface area contributed by atoms with Gasteiger partial charge in [0.15, 0.2) is 17.5 Å². The van der Waals surface area contributed by atoms with Crippen molar-refractivity contribution in [3.8, 4) is 67.5 Å². The van der Waals surface area contributed by atoms with Crippen molar-refractivity contribution in [3.63, 3.8) is 0 Å². The van der Waals surface area contributed by atoms with Crippen molar-refractivity contribution >= 4 is 43.5 Å². The molecule has 0 aliphatic heterocycles. The summed E-state index contributed by atoms with van der Waals surface area (Å²) < 4.78 is 6.60. The highest BCUT2D eigenvalue weighted by Gasteiger charge is 2.30. The number of aromatic nitrogens is 3. The van der Waals surface area contributed by atoms with Gasteiger partial charge in [0, 0.05) is 33.0 Å². The Morgan fingerprint density at radius 3 is 1.80 bits per heavy atom. The Kier molecular flexibility index (Phi) is 5.92. The van der Waals surface area contributed by atoms with E-state index >= 15 is 0 Å². The molecular weight excluding hydrogens is 623 g/mol. The maximum absolute atomic E-state index is 6.60. The molecule has 236 valence electrons. The van der Waals surface area contributed by atoms with Gasteiger partial charge in [-0.3, -0.25) is 0 Å². The molecule has 1 aliphatic carbocycles. The van der Waals surface area contributed by atoms with Gasteiger partial charge in [-0.15, -0.1) is 0 Å². The molecule has 2 heterocycles. The number of fused-ring (bicyclic) bond motifs is 7. The minimum absolute atomic E-state index is 0.619. The number of para-hydroxylation sites is 1. The summed E-state index contributed by atoms with van der Waals surface area (Å²) >= 11 is 0. The van der Waals surface area contributed by atoms with Gasteiger partial charge >= 0.3 is 0 Å². The van der Waals surface area contributed by atoms with E-state index < -0.39 is 0 Å². The van der Waals surface area contributed by atoms with Crippen LogP contribution in [-0.4, -0.2) is 15.0 Å². The Bertz CT molecular complexity index is 3010. The van der Waals surface area contributed by atoms with Crippen LogP contribution in [0.3, 0.4) is 0 Å². The van der Waals surface area contributed by atoms with E-state index in [0.29, 0.717) is 17.5 Å². The molecule has 1 aliphatic rings. The molecular formula is C47H27N3O. The quantitative estimate of drug-likeness (QED) is 0.190. The summed E-state index contributed by atoms with van der Waals surface area (Å²) in [6.07, 6.45) is 0. The summed E-state index contributed by atoms with van der Waals surface area (Å²) in [6.45, 7) is 0. The lowest BCUT2D eigenvalue weighted by Crippen LogP contribution is -2.01. The van der Waals surface area contributed by atoms with Crippen LogP contribution in [0.2, 0.25) is 0 Å². The average Bonchev–Trinajstić information content (AvgIpc) is 3.73. The Hall–Kier alpha value is -6.91. The molecule has 51 heavy (non-hydrogen) atoms. The Morgan fingerprint density at radius 1 is 0.333 bits per heavy atom. The highest BCUT2D eigenvalue weighted by Crippen LogP contribution is 2.54. The van der Waals surface area contributed by atoms with Crippen molar-refractivity contribution in [2.24, 2.45) is 0 Å². The minimum Gasteiger partial charge on any atom is -0.456 e. The molecule has 0 radical (unpaired) electrons. The molecule has 4 nitrogen and oxygen atoms in total. The molecule has 2 aromatic heterocycles. The van der Waals surface area contributed by atoms with E-state index in [0.717, 1.165) is 60.7 Å². The fraction of sp³-hybridized carbons (Fsp3) is 0. The van der Waals surface area contributed by atoms with Gasteiger partial charge in [-0.2, -0.15) is 0 Å². The van der Waals surface area contributed by atoms with Crippen LogP contribution < -0.4 is 0 Å². The molecule has 0 unspecified atom stereocenters. The molecule has 4 heteroatoms. The summed E-state index contributed by atoms with van der Waals surface area (Å²) in [5.41, 5.74) is 11.4.